The Hall–Kier alpha value is -2.92. The number of aromatic amines is 1. The molecule has 0 atom stereocenters. The van der Waals surface area contributed by atoms with Crippen LogP contribution < -0.4 is 0 Å². The summed E-state index contributed by atoms with van der Waals surface area (Å²) in [5, 5.41) is 10.2. The summed E-state index contributed by atoms with van der Waals surface area (Å²) in [5.41, 5.74) is 7.56. The van der Waals surface area contributed by atoms with Crippen molar-refractivity contribution in [3.63, 3.8) is 0 Å². The van der Waals surface area contributed by atoms with E-state index in [2.05, 4.69) is 26.6 Å². The summed E-state index contributed by atoms with van der Waals surface area (Å²) in [6.45, 7) is 3.59. The van der Waals surface area contributed by atoms with Gasteiger partial charge in [-0.05, 0) is 50.7 Å². The summed E-state index contributed by atoms with van der Waals surface area (Å²) in [5.74, 6) is 0. The minimum absolute atomic E-state index is 0.851. The van der Waals surface area contributed by atoms with E-state index < -0.39 is 5.60 Å². The lowest BCUT2D eigenvalue weighted by Crippen LogP contribution is -2.14. The molecule has 3 aromatic heterocycles. The number of rotatable bonds is 3. The van der Waals surface area contributed by atoms with E-state index >= 15 is 0 Å². The van der Waals surface area contributed by atoms with Crippen LogP contribution in [0.5, 0.6) is 0 Å². The van der Waals surface area contributed by atoms with E-state index in [4.69, 9.17) is 4.98 Å². The molecule has 1 aromatic carbocycles. The highest BCUT2D eigenvalue weighted by molar-refractivity contribution is 5.92. The summed E-state index contributed by atoms with van der Waals surface area (Å²) >= 11 is 0. The number of fused-ring (bicyclic) bond motifs is 3. The number of allylic oxidation sites excluding steroid dienone is 2. The minimum Gasteiger partial charge on any atom is -0.386 e. The first-order valence-corrected chi connectivity index (χ1v) is 9.88. The van der Waals surface area contributed by atoms with Gasteiger partial charge < -0.3 is 10.1 Å². The second kappa shape index (κ2) is 6.31. The van der Waals surface area contributed by atoms with Crippen LogP contribution in [-0.4, -0.2) is 24.5 Å². The van der Waals surface area contributed by atoms with Crippen molar-refractivity contribution in [2.45, 2.75) is 45.1 Å². The molecule has 0 saturated carbocycles. The maximum atomic E-state index is 10.2. The Balaban J connectivity index is 1.65. The third kappa shape index (κ3) is 2.74. The molecule has 0 spiro atoms. The van der Waals surface area contributed by atoms with Gasteiger partial charge in [-0.3, -0.25) is 4.40 Å². The number of benzene rings is 1. The van der Waals surface area contributed by atoms with Gasteiger partial charge in [0.05, 0.1) is 28.5 Å². The van der Waals surface area contributed by atoms with E-state index in [9.17, 15) is 5.11 Å². The number of nitrogens with zero attached hydrogens (tertiary/aromatic N) is 3. The summed E-state index contributed by atoms with van der Waals surface area (Å²) in [6, 6.07) is 7.95. The molecule has 0 aliphatic heterocycles. The standard InChI is InChI=1S/C23H24N4O/c1-23(2,28)17-10-8-16(9-11-17)20-19-13-25-22-21(27(19)14-26-20)18(12-24-22)15-6-4-3-5-7-15/h6,8-14,24,28H,3-5,7H2,1-2H3. The summed E-state index contributed by atoms with van der Waals surface area (Å²) in [6.07, 6.45) is 13.0. The molecule has 5 rings (SSSR count). The van der Waals surface area contributed by atoms with Crippen LogP contribution in [-0.2, 0) is 5.60 Å². The smallest absolute Gasteiger partial charge is 0.155 e. The number of nitrogens with one attached hydrogen (secondary N) is 1. The molecule has 142 valence electrons. The number of H-pyrrole nitrogens is 1. The molecule has 5 heteroatoms. The van der Waals surface area contributed by atoms with Crippen LogP contribution >= 0.6 is 0 Å². The van der Waals surface area contributed by atoms with Crippen LogP contribution in [0, 0.1) is 0 Å². The Morgan fingerprint density at radius 3 is 2.64 bits per heavy atom. The van der Waals surface area contributed by atoms with Crippen molar-refractivity contribution in [1.29, 1.82) is 0 Å². The van der Waals surface area contributed by atoms with E-state index in [1.54, 1.807) is 13.8 Å². The van der Waals surface area contributed by atoms with Crippen molar-refractivity contribution in [3.8, 4) is 11.3 Å². The van der Waals surface area contributed by atoms with Gasteiger partial charge in [0.25, 0.3) is 0 Å². The van der Waals surface area contributed by atoms with Crippen molar-refractivity contribution >= 4 is 22.3 Å². The van der Waals surface area contributed by atoms with Gasteiger partial charge in [-0.2, -0.15) is 0 Å². The van der Waals surface area contributed by atoms with Crippen LogP contribution in [0.15, 0.2) is 49.1 Å². The molecule has 0 saturated heterocycles. The van der Waals surface area contributed by atoms with Crippen molar-refractivity contribution in [2.24, 2.45) is 0 Å². The van der Waals surface area contributed by atoms with Gasteiger partial charge >= 0.3 is 0 Å². The molecule has 4 aromatic rings. The average molecular weight is 372 g/mol. The maximum absolute atomic E-state index is 10.2. The first kappa shape index (κ1) is 17.2. The lowest BCUT2D eigenvalue weighted by atomic mass is 9.95. The van der Waals surface area contributed by atoms with Gasteiger partial charge in [-0.25, -0.2) is 9.97 Å². The van der Waals surface area contributed by atoms with Crippen LogP contribution in [0.25, 0.3) is 33.5 Å². The van der Waals surface area contributed by atoms with Gasteiger partial charge in [0, 0.05) is 17.3 Å². The number of hydrogen-bond donors (Lipinski definition) is 2. The minimum atomic E-state index is -0.851. The van der Waals surface area contributed by atoms with Gasteiger partial charge in [-0.15, -0.1) is 0 Å². The highest BCUT2D eigenvalue weighted by atomic mass is 16.3. The van der Waals surface area contributed by atoms with Gasteiger partial charge in [0.1, 0.15) is 6.33 Å². The molecule has 0 fully saturated rings. The fourth-order valence-electron chi connectivity index (χ4n) is 4.12. The van der Waals surface area contributed by atoms with E-state index in [-0.39, 0.29) is 0 Å². The lowest BCUT2D eigenvalue weighted by molar-refractivity contribution is 0.0786. The van der Waals surface area contributed by atoms with Crippen molar-refractivity contribution in [3.05, 3.63) is 60.2 Å². The quantitative estimate of drug-likeness (QED) is 0.528. The number of aliphatic hydroxyl groups is 1. The van der Waals surface area contributed by atoms with E-state index in [1.165, 1.54) is 24.0 Å². The predicted molar refractivity (Wildman–Crippen MR) is 112 cm³/mol. The fourth-order valence-corrected chi connectivity index (χ4v) is 4.12. The highest BCUT2D eigenvalue weighted by Crippen LogP contribution is 2.33. The molecule has 0 bridgehead atoms. The monoisotopic (exact) mass is 372 g/mol. The third-order valence-electron chi connectivity index (χ3n) is 5.70. The Morgan fingerprint density at radius 1 is 1.11 bits per heavy atom. The molecule has 5 nitrogen and oxygen atoms in total. The van der Waals surface area contributed by atoms with Crippen molar-refractivity contribution in [1.82, 2.24) is 19.4 Å². The van der Waals surface area contributed by atoms with Crippen molar-refractivity contribution in [2.75, 3.05) is 0 Å². The molecule has 0 unspecified atom stereocenters. The average Bonchev–Trinajstić information content (AvgIpc) is 3.32. The van der Waals surface area contributed by atoms with Crippen LogP contribution in [0.4, 0.5) is 0 Å². The van der Waals surface area contributed by atoms with Gasteiger partial charge in [0.2, 0.25) is 0 Å². The molecule has 1 aliphatic carbocycles. The zero-order valence-corrected chi connectivity index (χ0v) is 16.2. The Labute approximate surface area is 163 Å². The van der Waals surface area contributed by atoms with Gasteiger partial charge in [0.15, 0.2) is 5.65 Å². The zero-order chi connectivity index (χ0) is 19.3. The lowest BCUT2D eigenvalue weighted by Gasteiger charge is -2.17. The van der Waals surface area contributed by atoms with Crippen LogP contribution in [0.2, 0.25) is 0 Å². The number of aromatic nitrogens is 4. The number of hydrogen-bond acceptors (Lipinski definition) is 3. The maximum Gasteiger partial charge on any atom is 0.155 e. The van der Waals surface area contributed by atoms with E-state index in [0.29, 0.717) is 0 Å². The fraction of sp³-hybridized carbons (Fsp3) is 0.304. The predicted octanol–water partition coefficient (Wildman–Crippen LogP) is 5.06. The van der Waals surface area contributed by atoms with E-state index in [1.807, 2.05) is 36.8 Å². The molecule has 0 radical (unpaired) electrons. The molecule has 28 heavy (non-hydrogen) atoms. The van der Waals surface area contributed by atoms with Crippen LogP contribution in [0.3, 0.4) is 0 Å². The Bertz CT molecular complexity index is 1190. The topological polar surface area (TPSA) is 66.2 Å². The first-order chi connectivity index (χ1) is 13.5. The molecule has 1 aliphatic rings. The Morgan fingerprint density at radius 2 is 1.93 bits per heavy atom. The zero-order valence-electron chi connectivity index (χ0n) is 16.2. The van der Waals surface area contributed by atoms with Gasteiger partial charge in [-0.1, -0.05) is 30.3 Å². The Kier molecular flexibility index (Phi) is 3.88. The van der Waals surface area contributed by atoms with Crippen LogP contribution in [0.1, 0.15) is 50.7 Å². The first-order valence-electron chi connectivity index (χ1n) is 9.88. The second-order valence-corrected chi connectivity index (χ2v) is 8.12. The molecular weight excluding hydrogens is 348 g/mol. The third-order valence-corrected chi connectivity index (χ3v) is 5.70. The molecule has 0 amide bonds. The highest BCUT2D eigenvalue weighted by Gasteiger charge is 2.18. The summed E-state index contributed by atoms with van der Waals surface area (Å²) in [4.78, 5) is 12.7. The number of imidazole rings is 1. The second-order valence-electron chi connectivity index (χ2n) is 8.12. The molecule has 3 heterocycles. The molecular formula is C23H24N4O. The molecule has 2 N–H and O–H groups in total. The van der Waals surface area contributed by atoms with Crippen molar-refractivity contribution < 1.29 is 5.11 Å². The normalized spacial score (nSPS) is 15.3. The largest absolute Gasteiger partial charge is 0.386 e. The summed E-state index contributed by atoms with van der Waals surface area (Å²) < 4.78 is 2.14. The SMILES string of the molecule is CC(C)(O)c1ccc(-c2ncn3c2cnc2[nH]cc(C4=CCCCC4)c23)cc1. The van der Waals surface area contributed by atoms with E-state index in [0.717, 1.165) is 46.3 Å². The summed E-state index contributed by atoms with van der Waals surface area (Å²) in [7, 11) is 0.